The predicted molar refractivity (Wildman–Crippen MR) is 59.3 cm³/mol. The van der Waals surface area contributed by atoms with Crippen LogP contribution in [0.4, 0.5) is 11.5 Å². The number of hydrogen-bond acceptors (Lipinski definition) is 3. The zero-order chi connectivity index (χ0) is 9.97. The standard InChI is InChI=1S/C11H17N3/c1-9-5-2-3-8-14(9)11-10(12)6-4-7-13-11/h4,6-7,9H,2-3,5,8,12H2,1H3. The summed E-state index contributed by atoms with van der Waals surface area (Å²) in [6.45, 7) is 3.33. The van der Waals surface area contributed by atoms with Crippen molar-refractivity contribution in [3.05, 3.63) is 18.3 Å². The molecule has 2 N–H and O–H groups in total. The minimum absolute atomic E-state index is 0.570. The van der Waals surface area contributed by atoms with Crippen molar-refractivity contribution in [2.75, 3.05) is 17.2 Å². The maximum Gasteiger partial charge on any atom is 0.151 e. The molecule has 1 atom stereocenters. The van der Waals surface area contributed by atoms with Crippen LogP contribution in [0.2, 0.25) is 0 Å². The monoisotopic (exact) mass is 191 g/mol. The van der Waals surface area contributed by atoms with E-state index in [9.17, 15) is 0 Å². The summed E-state index contributed by atoms with van der Waals surface area (Å²) in [5, 5.41) is 0. The van der Waals surface area contributed by atoms with Crippen molar-refractivity contribution in [1.29, 1.82) is 0 Å². The Bertz CT molecular complexity index is 311. The summed E-state index contributed by atoms with van der Waals surface area (Å²) in [5.74, 6) is 0.958. The number of rotatable bonds is 1. The molecule has 0 radical (unpaired) electrons. The molecule has 0 saturated carbocycles. The van der Waals surface area contributed by atoms with E-state index in [1.807, 2.05) is 18.3 Å². The molecule has 3 heteroatoms. The van der Waals surface area contributed by atoms with Crippen molar-refractivity contribution < 1.29 is 0 Å². The SMILES string of the molecule is CC1CCCCN1c1ncccc1N. The minimum atomic E-state index is 0.570. The molecular weight excluding hydrogens is 174 g/mol. The lowest BCUT2D eigenvalue weighted by atomic mass is 10.0. The van der Waals surface area contributed by atoms with Crippen molar-refractivity contribution in [2.24, 2.45) is 0 Å². The molecule has 1 aromatic heterocycles. The summed E-state index contributed by atoms with van der Waals surface area (Å²) in [4.78, 5) is 6.67. The molecule has 1 saturated heterocycles. The number of aromatic nitrogens is 1. The van der Waals surface area contributed by atoms with Gasteiger partial charge in [-0.15, -0.1) is 0 Å². The average molecular weight is 191 g/mol. The zero-order valence-corrected chi connectivity index (χ0v) is 8.61. The van der Waals surface area contributed by atoms with Crippen LogP contribution in [0, 0.1) is 0 Å². The number of nitrogens with two attached hydrogens (primary N) is 1. The van der Waals surface area contributed by atoms with Gasteiger partial charge in [-0.2, -0.15) is 0 Å². The van der Waals surface area contributed by atoms with Crippen molar-refractivity contribution in [3.8, 4) is 0 Å². The maximum atomic E-state index is 5.91. The second-order valence-electron chi connectivity index (χ2n) is 3.95. The second-order valence-corrected chi connectivity index (χ2v) is 3.95. The van der Waals surface area contributed by atoms with Crippen LogP contribution in [0.5, 0.6) is 0 Å². The molecule has 2 rings (SSSR count). The average Bonchev–Trinajstić information content (AvgIpc) is 2.20. The highest BCUT2D eigenvalue weighted by Gasteiger charge is 2.20. The highest BCUT2D eigenvalue weighted by atomic mass is 15.2. The van der Waals surface area contributed by atoms with Gasteiger partial charge < -0.3 is 10.6 Å². The van der Waals surface area contributed by atoms with Gasteiger partial charge in [0.25, 0.3) is 0 Å². The van der Waals surface area contributed by atoms with Gasteiger partial charge in [-0.05, 0) is 38.3 Å². The van der Waals surface area contributed by atoms with Crippen LogP contribution >= 0.6 is 0 Å². The predicted octanol–water partition coefficient (Wildman–Crippen LogP) is 2.04. The van der Waals surface area contributed by atoms with Crippen LogP contribution in [0.15, 0.2) is 18.3 Å². The third-order valence-electron chi connectivity index (χ3n) is 2.89. The molecule has 0 amide bonds. The zero-order valence-electron chi connectivity index (χ0n) is 8.61. The lowest BCUT2D eigenvalue weighted by molar-refractivity contribution is 0.482. The van der Waals surface area contributed by atoms with Crippen LogP contribution in [0.1, 0.15) is 26.2 Å². The number of piperidine rings is 1. The van der Waals surface area contributed by atoms with Crippen LogP contribution in [-0.4, -0.2) is 17.6 Å². The maximum absolute atomic E-state index is 5.91. The number of nitrogens with zero attached hydrogens (tertiary/aromatic N) is 2. The fraction of sp³-hybridized carbons (Fsp3) is 0.545. The van der Waals surface area contributed by atoms with Crippen molar-refractivity contribution in [3.63, 3.8) is 0 Å². The largest absolute Gasteiger partial charge is 0.396 e. The second kappa shape index (κ2) is 3.86. The Balaban J connectivity index is 2.25. The first-order valence-electron chi connectivity index (χ1n) is 5.26. The molecule has 1 aliphatic heterocycles. The Morgan fingerprint density at radius 1 is 1.50 bits per heavy atom. The number of nitrogen functional groups attached to an aromatic ring is 1. The summed E-state index contributed by atoms with van der Waals surface area (Å²) in [6, 6.07) is 4.37. The fourth-order valence-corrected chi connectivity index (χ4v) is 2.06. The summed E-state index contributed by atoms with van der Waals surface area (Å²) in [5.41, 5.74) is 6.70. The van der Waals surface area contributed by atoms with Crippen LogP contribution < -0.4 is 10.6 Å². The quantitative estimate of drug-likeness (QED) is 0.738. The molecule has 0 spiro atoms. The highest BCUT2D eigenvalue weighted by molar-refractivity contribution is 5.62. The molecule has 0 aromatic carbocycles. The Kier molecular flexibility index (Phi) is 2.57. The molecule has 14 heavy (non-hydrogen) atoms. The van der Waals surface area contributed by atoms with Crippen LogP contribution in [0.3, 0.4) is 0 Å². The first kappa shape index (κ1) is 9.31. The van der Waals surface area contributed by atoms with Gasteiger partial charge in [-0.1, -0.05) is 0 Å². The van der Waals surface area contributed by atoms with Crippen molar-refractivity contribution in [2.45, 2.75) is 32.2 Å². The normalized spacial score (nSPS) is 22.4. The minimum Gasteiger partial charge on any atom is -0.396 e. The van der Waals surface area contributed by atoms with Gasteiger partial charge in [-0.25, -0.2) is 4.98 Å². The Morgan fingerprint density at radius 2 is 2.36 bits per heavy atom. The van der Waals surface area contributed by atoms with Gasteiger partial charge in [0.05, 0.1) is 5.69 Å². The van der Waals surface area contributed by atoms with E-state index in [4.69, 9.17) is 5.73 Å². The molecular formula is C11H17N3. The van der Waals surface area contributed by atoms with Crippen LogP contribution in [0.25, 0.3) is 0 Å². The Labute approximate surface area is 84.9 Å². The Morgan fingerprint density at radius 3 is 3.07 bits per heavy atom. The summed E-state index contributed by atoms with van der Waals surface area (Å²) >= 11 is 0. The lowest BCUT2D eigenvalue weighted by Crippen LogP contribution is -2.38. The summed E-state index contributed by atoms with van der Waals surface area (Å²) in [7, 11) is 0. The summed E-state index contributed by atoms with van der Waals surface area (Å²) in [6.07, 6.45) is 5.63. The number of anilines is 2. The van der Waals surface area contributed by atoms with Gasteiger partial charge in [0.2, 0.25) is 0 Å². The Hall–Kier alpha value is -1.25. The molecule has 2 heterocycles. The molecule has 0 bridgehead atoms. The number of pyridine rings is 1. The number of hydrogen-bond donors (Lipinski definition) is 1. The highest BCUT2D eigenvalue weighted by Crippen LogP contribution is 2.26. The summed E-state index contributed by atoms with van der Waals surface area (Å²) < 4.78 is 0. The molecule has 1 aliphatic rings. The van der Waals surface area contributed by atoms with E-state index in [0.717, 1.165) is 18.1 Å². The van der Waals surface area contributed by atoms with E-state index in [-0.39, 0.29) is 0 Å². The lowest BCUT2D eigenvalue weighted by Gasteiger charge is -2.34. The molecule has 3 nitrogen and oxygen atoms in total. The van der Waals surface area contributed by atoms with Gasteiger partial charge in [-0.3, -0.25) is 0 Å². The van der Waals surface area contributed by atoms with Crippen molar-refractivity contribution in [1.82, 2.24) is 4.98 Å². The third kappa shape index (κ3) is 1.67. The molecule has 1 aromatic rings. The van der Waals surface area contributed by atoms with E-state index in [1.165, 1.54) is 19.3 Å². The van der Waals surface area contributed by atoms with E-state index in [2.05, 4.69) is 16.8 Å². The van der Waals surface area contributed by atoms with Crippen molar-refractivity contribution >= 4 is 11.5 Å². The van der Waals surface area contributed by atoms with Gasteiger partial charge in [0.15, 0.2) is 5.82 Å². The molecule has 1 unspecified atom stereocenters. The van der Waals surface area contributed by atoms with E-state index >= 15 is 0 Å². The van der Waals surface area contributed by atoms with Gasteiger partial charge in [0, 0.05) is 18.8 Å². The molecule has 76 valence electrons. The van der Waals surface area contributed by atoms with Gasteiger partial charge >= 0.3 is 0 Å². The first-order valence-corrected chi connectivity index (χ1v) is 5.26. The van der Waals surface area contributed by atoms with E-state index in [1.54, 1.807) is 0 Å². The van der Waals surface area contributed by atoms with E-state index in [0.29, 0.717) is 6.04 Å². The van der Waals surface area contributed by atoms with Gasteiger partial charge in [0.1, 0.15) is 0 Å². The third-order valence-corrected chi connectivity index (χ3v) is 2.89. The van der Waals surface area contributed by atoms with E-state index < -0.39 is 0 Å². The topological polar surface area (TPSA) is 42.2 Å². The molecule has 0 aliphatic carbocycles. The smallest absolute Gasteiger partial charge is 0.151 e. The first-order chi connectivity index (χ1) is 6.79. The van der Waals surface area contributed by atoms with Crippen LogP contribution in [-0.2, 0) is 0 Å². The fourth-order valence-electron chi connectivity index (χ4n) is 2.06. The molecule has 1 fully saturated rings.